The summed E-state index contributed by atoms with van der Waals surface area (Å²) in [5.41, 5.74) is -1.52. The molecule has 0 heterocycles. The molecule has 10 heteroatoms. The highest BCUT2D eigenvalue weighted by molar-refractivity contribution is 5.99. The number of benzene rings is 1. The number of nitro groups is 1. The summed E-state index contributed by atoms with van der Waals surface area (Å²) in [6.07, 6.45) is -5.73. The summed E-state index contributed by atoms with van der Waals surface area (Å²) in [5.74, 6) is -2.03. The molecule has 0 saturated heterocycles. The predicted octanol–water partition coefficient (Wildman–Crippen LogP) is 2.46. The van der Waals surface area contributed by atoms with Gasteiger partial charge in [0.2, 0.25) is 0 Å². The fourth-order valence-corrected chi connectivity index (χ4v) is 1.50. The number of halogens is 4. The van der Waals surface area contributed by atoms with Gasteiger partial charge in [0.1, 0.15) is 5.56 Å². The number of rotatable bonds is 5. The largest absolute Gasteiger partial charge is 0.390 e. The molecular formula is C11H11F4N3O3. The number of hydrogen-bond acceptors (Lipinski definition) is 4. The van der Waals surface area contributed by atoms with Crippen LogP contribution in [0.15, 0.2) is 12.1 Å². The third kappa shape index (κ3) is 4.58. The SMILES string of the molecule is CNc1cc(C(=O)NCCC(F)(F)F)c([N+](=O)[O-])cc1F. The zero-order chi connectivity index (χ0) is 16.2. The molecule has 0 radical (unpaired) electrons. The molecule has 116 valence electrons. The molecule has 0 saturated carbocycles. The van der Waals surface area contributed by atoms with Crippen molar-refractivity contribution in [3.05, 3.63) is 33.6 Å². The topological polar surface area (TPSA) is 84.3 Å². The van der Waals surface area contributed by atoms with Crippen LogP contribution in [0.25, 0.3) is 0 Å². The molecule has 0 aromatic heterocycles. The molecule has 0 aliphatic heterocycles. The van der Waals surface area contributed by atoms with E-state index >= 15 is 0 Å². The summed E-state index contributed by atoms with van der Waals surface area (Å²) in [4.78, 5) is 21.5. The minimum Gasteiger partial charge on any atom is -0.386 e. The van der Waals surface area contributed by atoms with Gasteiger partial charge in [0.15, 0.2) is 5.82 Å². The number of amides is 1. The maximum absolute atomic E-state index is 13.4. The van der Waals surface area contributed by atoms with Gasteiger partial charge in [0.05, 0.1) is 23.1 Å². The van der Waals surface area contributed by atoms with Crippen molar-refractivity contribution in [1.82, 2.24) is 5.32 Å². The lowest BCUT2D eigenvalue weighted by Crippen LogP contribution is -2.28. The number of nitrogens with one attached hydrogen (secondary N) is 2. The first-order valence-corrected chi connectivity index (χ1v) is 5.66. The van der Waals surface area contributed by atoms with Crippen LogP contribution >= 0.6 is 0 Å². The molecule has 0 bridgehead atoms. The Hall–Kier alpha value is -2.39. The third-order valence-corrected chi connectivity index (χ3v) is 2.49. The minimum atomic E-state index is -4.46. The molecule has 0 unspecified atom stereocenters. The Labute approximate surface area is 116 Å². The van der Waals surface area contributed by atoms with Crippen LogP contribution in [0.3, 0.4) is 0 Å². The van der Waals surface area contributed by atoms with Crippen molar-refractivity contribution < 1.29 is 27.3 Å². The first kappa shape index (κ1) is 16.7. The fourth-order valence-electron chi connectivity index (χ4n) is 1.50. The molecule has 1 aromatic rings. The van der Waals surface area contributed by atoms with Crippen LogP contribution in [0.2, 0.25) is 0 Å². The summed E-state index contributed by atoms with van der Waals surface area (Å²) >= 11 is 0. The van der Waals surface area contributed by atoms with E-state index in [2.05, 4.69) is 5.32 Å². The Morgan fingerprint density at radius 2 is 2.00 bits per heavy atom. The fraction of sp³-hybridized carbons (Fsp3) is 0.364. The normalized spacial score (nSPS) is 11.1. The van der Waals surface area contributed by atoms with Gasteiger partial charge in [-0.1, -0.05) is 0 Å². The quantitative estimate of drug-likeness (QED) is 0.497. The van der Waals surface area contributed by atoms with E-state index in [1.807, 2.05) is 5.32 Å². The zero-order valence-electron chi connectivity index (χ0n) is 10.8. The van der Waals surface area contributed by atoms with Crippen LogP contribution < -0.4 is 10.6 Å². The smallest absolute Gasteiger partial charge is 0.386 e. The van der Waals surface area contributed by atoms with Crippen LogP contribution in [0.4, 0.5) is 28.9 Å². The lowest BCUT2D eigenvalue weighted by atomic mass is 10.1. The van der Waals surface area contributed by atoms with E-state index in [9.17, 15) is 32.5 Å². The van der Waals surface area contributed by atoms with Gasteiger partial charge in [0, 0.05) is 13.6 Å². The van der Waals surface area contributed by atoms with Gasteiger partial charge in [-0.05, 0) is 6.07 Å². The van der Waals surface area contributed by atoms with Gasteiger partial charge in [0.25, 0.3) is 11.6 Å². The van der Waals surface area contributed by atoms with E-state index in [1.165, 1.54) is 7.05 Å². The summed E-state index contributed by atoms with van der Waals surface area (Å²) < 4.78 is 49.3. The zero-order valence-corrected chi connectivity index (χ0v) is 10.8. The van der Waals surface area contributed by atoms with Crippen LogP contribution in [0.5, 0.6) is 0 Å². The highest BCUT2D eigenvalue weighted by Gasteiger charge is 2.28. The Morgan fingerprint density at radius 3 is 2.48 bits per heavy atom. The number of nitrogens with zero attached hydrogens (tertiary/aromatic N) is 1. The molecule has 6 nitrogen and oxygen atoms in total. The van der Waals surface area contributed by atoms with Crippen LogP contribution in [-0.2, 0) is 0 Å². The number of alkyl halides is 3. The van der Waals surface area contributed by atoms with Crippen molar-refractivity contribution in [2.75, 3.05) is 18.9 Å². The number of nitro benzene ring substituents is 1. The van der Waals surface area contributed by atoms with E-state index in [1.54, 1.807) is 0 Å². The van der Waals surface area contributed by atoms with Crippen LogP contribution in [0.1, 0.15) is 16.8 Å². The van der Waals surface area contributed by atoms with Gasteiger partial charge in [-0.25, -0.2) is 4.39 Å². The van der Waals surface area contributed by atoms with E-state index in [0.717, 1.165) is 6.07 Å². The molecule has 0 spiro atoms. The lowest BCUT2D eigenvalue weighted by molar-refractivity contribution is -0.385. The van der Waals surface area contributed by atoms with Gasteiger partial charge >= 0.3 is 6.18 Å². The van der Waals surface area contributed by atoms with Crippen LogP contribution in [-0.4, -0.2) is 30.6 Å². The van der Waals surface area contributed by atoms with Gasteiger partial charge in [-0.3, -0.25) is 14.9 Å². The van der Waals surface area contributed by atoms with Crippen molar-refractivity contribution in [2.45, 2.75) is 12.6 Å². The summed E-state index contributed by atoms with van der Waals surface area (Å²) in [6, 6.07) is 1.40. The van der Waals surface area contributed by atoms with Crippen molar-refractivity contribution in [1.29, 1.82) is 0 Å². The lowest BCUT2D eigenvalue weighted by Gasteiger charge is -2.10. The summed E-state index contributed by atoms with van der Waals surface area (Å²) in [5, 5.41) is 15.1. The maximum Gasteiger partial charge on any atom is 0.390 e. The van der Waals surface area contributed by atoms with Crippen molar-refractivity contribution in [3.8, 4) is 0 Å². The second-order valence-corrected chi connectivity index (χ2v) is 3.98. The van der Waals surface area contributed by atoms with Crippen molar-refractivity contribution in [3.63, 3.8) is 0 Å². The molecule has 0 aliphatic rings. The highest BCUT2D eigenvalue weighted by Crippen LogP contribution is 2.26. The van der Waals surface area contributed by atoms with Gasteiger partial charge in [-0.15, -0.1) is 0 Å². The molecule has 21 heavy (non-hydrogen) atoms. The first-order valence-electron chi connectivity index (χ1n) is 5.66. The molecule has 0 fully saturated rings. The monoisotopic (exact) mass is 309 g/mol. The summed E-state index contributed by atoms with van der Waals surface area (Å²) in [6.45, 7) is -0.730. The van der Waals surface area contributed by atoms with Gasteiger partial charge < -0.3 is 10.6 Å². The van der Waals surface area contributed by atoms with Crippen LogP contribution in [0, 0.1) is 15.9 Å². The predicted molar refractivity (Wildman–Crippen MR) is 65.6 cm³/mol. The second-order valence-electron chi connectivity index (χ2n) is 3.98. The molecule has 0 aliphatic carbocycles. The molecule has 1 rings (SSSR count). The van der Waals surface area contributed by atoms with E-state index in [4.69, 9.17) is 0 Å². The Kier molecular flexibility index (Phi) is 5.06. The number of carbonyl (C=O) groups excluding carboxylic acids is 1. The maximum atomic E-state index is 13.4. The van der Waals surface area contributed by atoms with Crippen molar-refractivity contribution in [2.24, 2.45) is 0 Å². The average molecular weight is 309 g/mol. The number of carbonyl (C=O) groups is 1. The Morgan fingerprint density at radius 1 is 1.38 bits per heavy atom. The number of anilines is 1. The van der Waals surface area contributed by atoms with Gasteiger partial charge in [-0.2, -0.15) is 13.2 Å². The molecular weight excluding hydrogens is 298 g/mol. The average Bonchev–Trinajstić information content (AvgIpc) is 2.36. The highest BCUT2D eigenvalue weighted by atomic mass is 19.4. The molecule has 1 aromatic carbocycles. The number of hydrogen-bond donors (Lipinski definition) is 2. The Bertz CT molecular complexity index is 560. The first-order chi connectivity index (χ1) is 9.65. The molecule has 0 atom stereocenters. The molecule has 2 N–H and O–H groups in total. The molecule has 1 amide bonds. The van der Waals surface area contributed by atoms with E-state index < -0.39 is 47.0 Å². The van der Waals surface area contributed by atoms with Crippen molar-refractivity contribution >= 4 is 17.3 Å². The third-order valence-electron chi connectivity index (χ3n) is 2.49. The van der Waals surface area contributed by atoms with E-state index in [0.29, 0.717) is 6.07 Å². The standard InChI is InChI=1S/C11H11F4N3O3/c1-16-8-4-6(9(18(20)21)5-7(8)12)10(19)17-3-2-11(13,14)15/h4-5,16H,2-3H2,1H3,(H,17,19). The minimum absolute atomic E-state index is 0.179. The van der Waals surface area contributed by atoms with E-state index in [-0.39, 0.29) is 5.69 Å². The summed E-state index contributed by atoms with van der Waals surface area (Å²) in [7, 11) is 1.33. The Balaban J connectivity index is 2.99. The second kappa shape index (κ2) is 6.37.